The highest BCUT2D eigenvalue weighted by molar-refractivity contribution is 7.92. The Kier molecular flexibility index (Phi) is 3.56. The lowest BCUT2D eigenvalue weighted by molar-refractivity contribution is 0.122. The van der Waals surface area contributed by atoms with Crippen LogP contribution >= 0.6 is 0 Å². The van der Waals surface area contributed by atoms with Crippen molar-refractivity contribution in [1.82, 2.24) is 5.32 Å². The van der Waals surface area contributed by atoms with Crippen LogP contribution in [-0.2, 0) is 9.84 Å². The minimum absolute atomic E-state index is 0.0586. The summed E-state index contributed by atoms with van der Waals surface area (Å²) in [6.45, 7) is 0.767. The van der Waals surface area contributed by atoms with Crippen molar-refractivity contribution in [3.05, 3.63) is 0 Å². The average Bonchev–Trinajstić information content (AvgIpc) is 2.29. The summed E-state index contributed by atoms with van der Waals surface area (Å²) in [5, 5.41) is 12.5. The van der Waals surface area contributed by atoms with E-state index in [1.54, 1.807) is 0 Å². The SMILES string of the molecule is O=S1(=O)CCCCC1C1(CO)CCCCN1. The van der Waals surface area contributed by atoms with Crippen LogP contribution in [0.5, 0.6) is 0 Å². The zero-order valence-electron chi connectivity index (χ0n) is 9.61. The van der Waals surface area contributed by atoms with Crippen molar-refractivity contribution in [3.63, 3.8) is 0 Å². The summed E-state index contributed by atoms with van der Waals surface area (Å²) >= 11 is 0. The predicted molar refractivity (Wildman–Crippen MR) is 63.1 cm³/mol. The van der Waals surface area contributed by atoms with Gasteiger partial charge >= 0.3 is 0 Å². The molecule has 2 rings (SSSR count). The van der Waals surface area contributed by atoms with Crippen LogP contribution < -0.4 is 5.32 Å². The highest BCUT2D eigenvalue weighted by Gasteiger charge is 2.46. The van der Waals surface area contributed by atoms with Crippen molar-refractivity contribution in [2.75, 3.05) is 18.9 Å². The van der Waals surface area contributed by atoms with Gasteiger partial charge in [-0.25, -0.2) is 8.42 Å². The van der Waals surface area contributed by atoms with Gasteiger partial charge in [0.25, 0.3) is 0 Å². The molecule has 2 atom stereocenters. The second kappa shape index (κ2) is 4.63. The van der Waals surface area contributed by atoms with Crippen LogP contribution in [0.1, 0.15) is 38.5 Å². The van der Waals surface area contributed by atoms with E-state index < -0.39 is 15.4 Å². The summed E-state index contributed by atoms with van der Waals surface area (Å²) in [7, 11) is -3.02. The van der Waals surface area contributed by atoms with Gasteiger partial charge in [-0.05, 0) is 32.2 Å². The van der Waals surface area contributed by atoms with Gasteiger partial charge < -0.3 is 10.4 Å². The number of aliphatic hydroxyl groups is 1. The van der Waals surface area contributed by atoms with E-state index in [0.717, 1.165) is 38.6 Å². The molecule has 2 aliphatic rings. The molecule has 5 heteroatoms. The van der Waals surface area contributed by atoms with E-state index in [2.05, 4.69) is 5.32 Å². The number of hydrogen-bond donors (Lipinski definition) is 2. The zero-order chi connectivity index (χ0) is 11.6. The standard InChI is InChI=1S/C11H21NO3S/c13-9-11(6-2-3-7-12-11)10-5-1-4-8-16(10,14)15/h10,12-13H,1-9H2. The first-order chi connectivity index (χ1) is 7.61. The van der Waals surface area contributed by atoms with Crippen LogP contribution in [0.2, 0.25) is 0 Å². The van der Waals surface area contributed by atoms with Gasteiger partial charge in [0.1, 0.15) is 0 Å². The van der Waals surface area contributed by atoms with Crippen molar-refractivity contribution in [2.24, 2.45) is 0 Å². The topological polar surface area (TPSA) is 66.4 Å². The normalized spacial score (nSPS) is 39.4. The summed E-state index contributed by atoms with van der Waals surface area (Å²) in [6.07, 6.45) is 5.32. The molecule has 0 bridgehead atoms. The van der Waals surface area contributed by atoms with Crippen molar-refractivity contribution < 1.29 is 13.5 Å². The van der Waals surface area contributed by atoms with Crippen LogP contribution in [0.4, 0.5) is 0 Å². The molecule has 0 aromatic rings. The molecule has 2 saturated heterocycles. The van der Waals surface area contributed by atoms with E-state index in [4.69, 9.17) is 0 Å². The zero-order valence-corrected chi connectivity index (χ0v) is 10.4. The third-order valence-corrected chi connectivity index (χ3v) is 6.42. The monoisotopic (exact) mass is 247 g/mol. The average molecular weight is 247 g/mol. The fraction of sp³-hybridized carbons (Fsp3) is 1.00. The van der Waals surface area contributed by atoms with Crippen molar-refractivity contribution in [3.8, 4) is 0 Å². The third kappa shape index (κ3) is 2.13. The van der Waals surface area contributed by atoms with Gasteiger partial charge in [0.05, 0.1) is 23.1 Å². The molecule has 0 radical (unpaired) electrons. The smallest absolute Gasteiger partial charge is 0.155 e. The minimum atomic E-state index is -3.02. The van der Waals surface area contributed by atoms with Crippen molar-refractivity contribution in [1.29, 1.82) is 0 Å². The van der Waals surface area contributed by atoms with Gasteiger partial charge in [0.15, 0.2) is 9.84 Å². The Hall–Kier alpha value is -0.130. The van der Waals surface area contributed by atoms with Crippen LogP contribution in [0.15, 0.2) is 0 Å². The van der Waals surface area contributed by atoms with Gasteiger partial charge in [-0.1, -0.05) is 12.8 Å². The summed E-state index contributed by atoms with van der Waals surface area (Å²) in [5.41, 5.74) is -0.558. The van der Waals surface area contributed by atoms with E-state index in [1.165, 1.54) is 0 Å². The van der Waals surface area contributed by atoms with Gasteiger partial charge in [-0.15, -0.1) is 0 Å². The highest BCUT2D eigenvalue weighted by atomic mass is 32.2. The quantitative estimate of drug-likeness (QED) is 0.744. The van der Waals surface area contributed by atoms with E-state index >= 15 is 0 Å². The molecule has 0 saturated carbocycles. The molecule has 0 aromatic carbocycles. The molecule has 16 heavy (non-hydrogen) atoms. The lowest BCUT2D eigenvalue weighted by Crippen LogP contribution is -2.62. The molecule has 94 valence electrons. The Bertz CT molecular complexity index is 333. The molecule has 2 heterocycles. The number of hydrogen-bond acceptors (Lipinski definition) is 4. The number of piperidine rings is 1. The Morgan fingerprint density at radius 2 is 2.06 bits per heavy atom. The van der Waals surface area contributed by atoms with Crippen LogP contribution in [0.25, 0.3) is 0 Å². The van der Waals surface area contributed by atoms with Gasteiger partial charge in [-0.2, -0.15) is 0 Å². The lowest BCUT2D eigenvalue weighted by Gasteiger charge is -2.44. The number of nitrogens with one attached hydrogen (secondary N) is 1. The Morgan fingerprint density at radius 3 is 2.62 bits per heavy atom. The predicted octanol–water partition coefficient (Wildman–Crippen LogP) is 0.458. The second-order valence-electron chi connectivity index (χ2n) is 5.05. The van der Waals surface area contributed by atoms with E-state index in [1.807, 2.05) is 0 Å². The van der Waals surface area contributed by atoms with Crippen molar-refractivity contribution in [2.45, 2.75) is 49.3 Å². The van der Waals surface area contributed by atoms with E-state index in [-0.39, 0.29) is 11.9 Å². The van der Waals surface area contributed by atoms with Crippen LogP contribution in [0.3, 0.4) is 0 Å². The maximum atomic E-state index is 12.1. The van der Waals surface area contributed by atoms with Gasteiger partial charge in [0, 0.05) is 0 Å². The first-order valence-electron chi connectivity index (χ1n) is 6.18. The molecule has 2 aliphatic heterocycles. The first kappa shape index (κ1) is 12.3. The molecule has 2 N–H and O–H groups in total. The maximum absolute atomic E-state index is 12.1. The Morgan fingerprint density at radius 1 is 1.25 bits per heavy atom. The molecule has 0 aliphatic carbocycles. The van der Waals surface area contributed by atoms with Gasteiger partial charge in [-0.3, -0.25) is 0 Å². The molecular weight excluding hydrogens is 226 g/mol. The second-order valence-corrected chi connectivity index (χ2v) is 7.35. The van der Waals surface area contributed by atoms with Crippen molar-refractivity contribution >= 4 is 9.84 Å². The fourth-order valence-electron chi connectivity index (χ4n) is 3.08. The van der Waals surface area contributed by atoms with Crippen LogP contribution in [-0.4, -0.2) is 43.2 Å². The molecule has 0 amide bonds. The fourth-order valence-corrected chi connectivity index (χ4v) is 5.46. The molecular formula is C11H21NO3S. The number of aliphatic hydroxyl groups excluding tert-OH is 1. The Labute approximate surface area is 97.3 Å². The van der Waals surface area contributed by atoms with Gasteiger partial charge in [0.2, 0.25) is 0 Å². The maximum Gasteiger partial charge on any atom is 0.155 e. The number of sulfone groups is 1. The molecule has 2 fully saturated rings. The summed E-state index contributed by atoms with van der Waals surface area (Å²) in [6, 6.07) is 0. The summed E-state index contributed by atoms with van der Waals surface area (Å²) < 4.78 is 24.2. The molecule has 4 nitrogen and oxygen atoms in total. The largest absolute Gasteiger partial charge is 0.394 e. The Balaban J connectivity index is 2.25. The summed E-state index contributed by atoms with van der Waals surface area (Å²) in [4.78, 5) is 0. The summed E-state index contributed by atoms with van der Waals surface area (Å²) in [5.74, 6) is 0.293. The van der Waals surface area contributed by atoms with E-state index in [0.29, 0.717) is 12.2 Å². The number of rotatable bonds is 2. The first-order valence-corrected chi connectivity index (χ1v) is 7.90. The van der Waals surface area contributed by atoms with Crippen LogP contribution in [0, 0.1) is 0 Å². The molecule has 0 spiro atoms. The minimum Gasteiger partial charge on any atom is -0.394 e. The highest BCUT2D eigenvalue weighted by Crippen LogP contribution is 2.33. The third-order valence-electron chi connectivity index (χ3n) is 4.00. The molecule has 0 aromatic heterocycles. The molecule has 2 unspecified atom stereocenters. The van der Waals surface area contributed by atoms with E-state index in [9.17, 15) is 13.5 Å². The lowest BCUT2D eigenvalue weighted by atomic mass is 9.84.